The maximum atomic E-state index is 13.1. The minimum absolute atomic E-state index is 0.129. The van der Waals surface area contributed by atoms with E-state index in [0.29, 0.717) is 18.4 Å². The maximum Gasteiger partial charge on any atom is 0.325 e. The molecule has 5 heteroatoms. The van der Waals surface area contributed by atoms with Crippen molar-refractivity contribution in [2.75, 3.05) is 0 Å². The fraction of sp³-hybridized carbons (Fsp3) is 0.429. The molecular weight excluding hydrogens is 247 g/mol. The van der Waals surface area contributed by atoms with Crippen molar-refractivity contribution in [2.24, 2.45) is 0 Å². The Morgan fingerprint density at radius 2 is 2.00 bits per heavy atom. The molecule has 1 saturated carbocycles. The van der Waals surface area contributed by atoms with Crippen LogP contribution in [-0.4, -0.2) is 22.4 Å². The number of rotatable bonds is 2. The quantitative estimate of drug-likeness (QED) is 0.831. The number of nitrogens with zero attached hydrogens (tertiary/aromatic N) is 1. The van der Waals surface area contributed by atoms with Crippen LogP contribution in [0, 0.1) is 5.82 Å². The number of nitrogens with one attached hydrogen (secondary N) is 1. The van der Waals surface area contributed by atoms with E-state index in [1.165, 1.54) is 17.0 Å². The monoisotopic (exact) mass is 262 g/mol. The van der Waals surface area contributed by atoms with Gasteiger partial charge in [0.2, 0.25) is 0 Å². The van der Waals surface area contributed by atoms with Crippen LogP contribution in [-0.2, 0) is 11.3 Å². The van der Waals surface area contributed by atoms with Crippen molar-refractivity contribution in [1.29, 1.82) is 0 Å². The molecule has 0 unspecified atom stereocenters. The molecule has 0 atom stereocenters. The Kier molecular flexibility index (Phi) is 2.77. The zero-order valence-corrected chi connectivity index (χ0v) is 10.5. The maximum absolute atomic E-state index is 13.1. The van der Waals surface area contributed by atoms with Gasteiger partial charge < -0.3 is 5.32 Å². The predicted octanol–water partition coefficient (Wildman–Crippen LogP) is 2.19. The Bertz CT molecular complexity index is 538. The van der Waals surface area contributed by atoms with E-state index in [1.807, 2.05) is 0 Å². The lowest BCUT2D eigenvalue weighted by atomic mass is 9.98. The molecule has 1 aliphatic heterocycles. The van der Waals surface area contributed by atoms with Gasteiger partial charge in [0.25, 0.3) is 5.91 Å². The van der Waals surface area contributed by atoms with Crippen LogP contribution >= 0.6 is 0 Å². The summed E-state index contributed by atoms with van der Waals surface area (Å²) in [5.41, 5.74) is -0.0664. The molecule has 1 saturated heterocycles. The summed E-state index contributed by atoms with van der Waals surface area (Å²) in [5, 5.41) is 2.81. The van der Waals surface area contributed by atoms with Crippen LogP contribution in [0.15, 0.2) is 24.3 Å². The summed E-state index contributed by atoms with van der Waals surface area (Å²) >= 11 is 0. The minimum Gasteiger partial charge on any atom is -0.323 e. The fourth-order valence-electron chi connectivity index (χ4n) is 2.96. The normalized spacial score (nSPS) is 21.2. The van der Waals surface area contributed by atoms with E-state index in [-0.39, 0.29) is 24.3 Å². The van der Waals surface area contributed by atoms with E-state index in [0.717, 1.165) is 12.8 Å². The Morgan fingerprint density at radius 3 is 2.68 bits per heavy atom. The van der Waals surface area contributed by atoms with Crippen molar-refractivity contribution in [3.63, 3.8) is 0 Å². The second kappa shape index (κ2) is 4.33. The van der Waals surface area contributed by atoms with Gasteiger partial charge >= 0.3 is 6.03 Å². The van der Waals surface area contributed by atoms with Crippen molar-refractivity contribution in [1.82, 2.24) is 10.2 Å². The topological polar surface area (TPSA) is 49.4 Å². The largest absolute Gasteiger partial charge is 0.325 e. The Morgan fingerprint density at radius 1 is 1.26 bits per heavy atom. The van der Waals surface area contributed by atoms with Gasteiger partial charge in [0.15, 0.2) is 0 Å². The van der Waals surface area contributed by atoms with Gasteiger partial charge in [-0.15, -0.1) is 0 Å². The number of halogens is 1. The highest BCUT2D eigenvalue weighted by atomic mass is 19.1. The zero-order valence-electron chi connectivity index (χ0n) is 10.5. The van der Waals surface area contributed by atoms with Gasteiger partial charge in [-0.05, 0) is 30.5 Å². The van der Waals surface area contributed by atoms with Crippen molar-refractivity contribution in [3.8, 4) is 0 Å². The first-order chi connectivity index (χ1) is 9.11. The summed E-state index contributed by atoms with van der Waals surface area (Å²) in [5.74, 6) is -0.528. The average molecular weight is 262 g/mol. The van der Waals surface area contributed by atoms with Gasteiger partial charge in [0.1, 0.15) is 11.4 Å². The van der Waals surface area contributed by atoms with Gasteiger partial charge in [-0.2, -0.15) is 0 Å². The van der Waals surface area contributed by atoms with E-state index in [1.54, 1.807) is 12.1 Å². The predicted molar refractivity (Wildman–Crippen MR) is 66.7 cm³/mol. The van der Waals surface area contributed by atoms with Crippen molar-refractivity contribution < 1.29 is 14.0 Å². The van der Waals surface area contributed by atoms with Crippen LogP contribution < -0.4 is 5.32 Å². The fourth-order valence-corrected chi connectivity index (χ4v) is 2.96. The molecule has 0 radical (unpaired) electrons. The van der Waals surface area contributed by atoms with Gasteiger partial charge in [0.05, 0.1) is 6.54 Å². The Balaban J connectivity index is 1.82. The molecule has 3 amide bonds. The second-order valence-corrected chi connectivity index (χ2v) is 5.24. The molecule has 1 aromatic rings. The van der Waals surface area contributed by atoms with Crippen LogP contribution in [0.3, 0.4) is 0 Å². The zero-order chi connectivity index (χ0) is 13.5. The number of amides is 3. The summed E-state index contributed by atoms with van der Waals surface area (Å²) in [4.78, 5) is 25.5. The SMILES string of the molecule is O=C1NC2(CCCC2)C(=O)N1Cc1cccc(F)c1. The van der Waals surface area contributed by atoms with Crippen LogP contribution in [0.5, 0.6) is 0 Å². The molecule has 0 aromatic heterocycles. The van der Waals surface area contributed by atoms with Gasteiger partial charge in [-0.25, -0.2) is 9.18 Å². The standard InChI is InChI=1S/C14H15FN2O2/c15-11-5-3-4-10(8-11)9-17-12(18)14(16-13(17)19)6-1-2-7-14/h3-5,8H,1-2,6-7,9H2,(H,16,19). The van der Waals surface area contributed by atoms with E-state index in [9.17, 15) is 14.0 Å². The highest BCUT2D eigenvalue weighted by molar-refractivity contribution is 6.07. The molecule has 19 heavy (non-hydrogen) atoms. The lowest BCUT2D eigenvalue weighted by molar-refractivity contribution is -0.131. The van der Waals surface area contributed by atoms with Crippen LogP contribution in [0.2, 0.25) is 0 Å². The lowest BCUT2D eigenvalue weighted by Gasteiger charge is -2.20. The average Bonchev–Trinajstić information content (AvgIpc) is 2.92. The summed E-state index contributed by atoms with van der Waals surface area (Å²) in [6, 6.07) is 5.61. The van der Waals surface area contributed by atoms with E-state index >= 15 is 0 Å². The molecule has 1 aliphatic carbocycles. The first kappa shape index (κ1) is 12.1. The van der Waals surface area contributed by atoms with Crippen LogP contribution in [0.1, 0.15) is 31.2 Å². The molecule has 1 aromatic carbocycles. The van der Waals surface area contributed by atoms with Gasteiger partial charge in [-0.1, -0.05) is 25.0 Å². The molecule has 4 nitrogen and oxygen atoms in total. The molecule has 1 heterocycles. The number of carbonyl (C=O) groups is 2. The molecule has 1 N–H and O–H groups in total. The third-order valence-electron chi connectivity index (χ3n) is 3.93. The van der Waals surface area contributed by atoms with E-state index < -0.39 is 5.54 Å². The first-order valence-corrected chi connectivity index (χ1v) is 6.49. The smallest absolute Gasteiger partial charge is 0.323 e. The minimum atomic E-state index is -0.690. The van der Waals surface area contributed by atoms with E-state index in [4.69, 9.17) is 0 Å². The number of benzene rings is 1. The van der Waals surface area contributed by atoms with Crippen molar-refractivity contribution >= 4 is 11.9 Å². The third kappa shape index (κ3) is 1.99. The third-order valence-corrected chi connectivity index (χ3v) is 3.93. The molecule has 0 bridgehead atoms. The number of hydrogen-bond donors (Lipinski definition) is 1. The molecule has 3 rings (SSSR count). The summed E-state index contributed by atoms with van der Waals surface area (Å²) in [6.45, 7) is 0.129. The molecular formula is C14H15FN2O2. The summed E-state index contributed by atoms with van der Waals surface area (Å²) in [6.07, 6.45) is 3.33. The molecule has 1 spiro atoms. The summed E-state index contributed by atoms with van der Waals surface area (Å²) < 4.78 is 13.1. The molecule has 2 fully saturated rings. The summed E-state index contributed by atoms with van der Waals surface area (Å²) in [7, 11) is 0. The highest BCUT2D eigenvalue weighted by Gasteiger charge is 2.52. The Labute approximate surface area is 110 Å². The number of imide groups is 1. The second-order valence-electron chi connectivity index (χ2n) is 5.24. The number of hydrogen-bond acceptors (Lipinski definition) is 2. The lowest BCUT2D eigenvalue weighted by Crippen LogP contribution is -2.44. The van der Waals surface area contributed by atoms with Gasteiger partial charge in [-0.3, -0.25) is 9.69 Å². The van der Waals surface area contributed by atoms with Gasteiger partial charge in [0, 0.05) is 0 Å². The molecule has 2 aliphatic rings. The molecule has 100 valence electrons. The first-order valence-electron chi connectivity index (χ1n) is 6.49. The van der Waals surface area contributed by atoms with E-state index in [2.05, 4.69) is 5.32 Å². The van der Waals surface area contributed by atoms with Crippen LogP contribution in [0.4, 0.5) is 9.18 Å². The van der Waals surface area contributed by atoms with Crippen molar-refractivity contribution in [2.45, 2.75) is 37.8 Å². The van der Waals surface area contributed by atoms with Crippen LogP contribution in [0.25, 0.3) is 0 Å². The number of urea groups is 1. The number of carbonyl (C=O) groups excluding carboxylic acids is 2. The Hall–Kier alpha value is -1.91. The highest BCUT2D eigenvalue weighted by Crippen LogP contribution is 2.35. The van der Waals surface area contributed by atoms with Crippen molar-refractivity contribution in [3.05, 3.63) is 35.6 Å².